The number of piperidine rings is 1. The summed E-state index contributed by atoms with van der Waals surface area (Å²) in [4.78, 5) is 25.0. The zero-order valence-corrected chi connectivity index (χ0v) is 8.74. The third-order valence-electron chi connectivity index (χ3n) is 3.28. The van der Waals surface area contributed by atoms with E-state index < -0.39 is 0 Å². The monoisotopic (exact) mass is 211 g/mol. The highest BCUT2D eigenvalue weighted by Gasteiger charge is 2.42. The van der Waals surface area contributed by atoms with Crippen LogP contribution in [-0.2, 0) is 9.59 Å². The molecule has 3 N–H and O–H groups in total. The van der Waals surface area contributed by atoms with E-state index in [4.69, 9.17) is 5.73 Å². The van der Waals surface area contributed by atoms with E-state index in [0.29, 0.717) is 19.5 Å². The van der Waals surface area contributed by atoms with Crippen molar-refractivity contribution in [3.8, 4) is 0 Å². The molecule has 0 radical (unpaired) electrons. The van der Waals surface area contributed by atoms with E-state index in [-0.39, 0.29) is 23.8 Å². The lowest BCUT2D eigenvalue weighted by atomic mass is 9.91. The Labute approximate surface area is 89.0 Å². The molecular weight excluding hydrogens is 194 g/mol. The Hall–Kier alpha value is -1.10. The molecule has 2 fully saturated rings. The molecule has 0 aromatic carbocycles. The van der Waals surface area contributed by atoms with Crippen LogP contribution in [0.1, 0.15) is 19.3 Å². The summed E-state index contributed by atoms with van der Waals surface area (Å²) in [5.74, 6) is 0.203. The average molecular weight is 211 g/mol. The molecule has 84 valence electrons. The van der Waals surface area contributed by atoms with Gasteiger partial charge in [0.2, 0.25) is 11.8 Å². The summed E-state index contributed by atoms with van der Waals surface area (Å²) in [6, 6.07) is 0.0744. The zero-order chi connectivity index (χ0) is 10.8. The molecule has 2 rings (SSSR count). The summed E-state index contributed by atoms with van der Waals surface area (Å²) in [6.45, 7) is 1.77. The maximum atomic E-state index is 11.8. The number of nitrogens with two attached hydrogens (primary N) is 1. The number of carbonyl (C=O) groups is 2. The fourth-order valence-electron chi connectivity index (χ4n) is 2.53. The number of likely N-dealkylation sites (tertiary alicyclic amines) is 1. The van der Waals surface area contributed by atoms with Crippen molar-refractivity contribution in [3.05, 3.63) is 0 Å². The van der Waals surface area contributed by atoms with Crippen molar-refractivity contribution in [1.82, 2.24) is 10.2 Å². The van der Waals surface area contributed by atoms with Crippen LogP contribution >= 0.6 is 0 Å². The van der Waals surface area contributed by atoms with Crippen molar-refractivity contribution >= 4 is 11.8 Å². The maximum Gasteiger partial charge on any atom is 0.225 e. The molecule has 0 aliphatic carbocycles. The normalized spacial score (nSPS) is 29.9. The van der Waals surface area contributed by atoms with E-state index in [2.05, 4.69) is 5.32 Å². The minimum Gasteiger partial charge on any atom is -0.354 e. The molecule has 2 aliphatic rings. The van der Waals surface area contributed by atoms with Gasteiger partial charge in [-0.1, -0.05) is 0 Å². The summed E-state index contributed by atoms with van der Waals surface area (Å²) in [5, 5.41) is 2.82. The van der Waals surface area contributed by atoms with E-state index in [0.717, 1.165) is 19.4 Å². The Bertz CT molecular complexity index is 280. The van der Waals surface area contributed by atoms with E-state index in [1.165, 1.54) is 0 Å². The topological polar surface area (TPSA) is 75.4 Å². The first-order chi connectivity index (χ1) is 7.24. The summed E-state index contributed by atoms with van der Waals surface area (Å²) in [5.41, 5.74) is 5.37. The minimum absolute atomic E-state index is 0.0143. The zero-order valence-electron chi connectivity index (χ0n) is 8.74. The molecule has 2 saturated heterocycles. The number of hydrogen-bond donors (Lipinski definition) is 2. The van der Waals surface area contributed by atoms with Crippen LogP contribution < -0.4 is 11.1 Å². The van der Waals surface area contributed by atoms with Crippen LogP contribution in [-0.4, -0.2) is 42.4 Å². The fraction of sp³-hybridized carbons (Fsp3) is 0.800. The molecule has 2 aliphatic heterocycles. The third kappa shape index (κ3) is 1.84. The highest BCUT2D eigenvalue weighted by atomic mass is 16.2. The lowest BCUT2D eigenvalue weighted by Gasteiger charge is -2.35. The van der Waals surface area contributed by atoms with Gasteiger partial charge in [-0.2, -0.15) is 0 Å². The standard InChI is InChI=1S/C10H17N3O2/c11-4-3-9(14)13-5-1-2-7-8(13)6-12-10(7)15/h7-8H,1-6,11H2,(H,12,15). The smallest absolute Gasteiger partial charge is 0.225 e. The molecule has 2 unspecified atom stereocenters. The van der Waals surface area contributed by atoms with Crippen molar-refractivity contribution in [2.24, 2.45) is 11.7 Å². The number of nitrogens with zero attached hydrogens (tertiary/aromatic N) is 1. The van der Waals surface area contributed by atoms with Gasteiger partial charge in [-0.3, -0.25) is 9.59 Å². The van der Waals surface area contributed by atoms with Crippen molar-refractivity contribution < 1.29 is 9.59 Å². The number of amides is 2. The first kappa shape index (κ1) is 10.4. The van der Waals surface area contributed by atoms with Crippen molar-refractivity contribution in [3.63, 3.8) is 0 Å². The van der Waals surface area contributed by atoms with E-state index in [1.807, 2.05) is 4.90 Å². The lowest BCUT2D eigenvalue weighted by Crippen LogP contribution is -2.49. The van der Waals surface area contributed by atoms with Gasteiger partial charge in [-0.15, -0.1) is 0 Å². The maximum absolute atomic E-state index is 11.8. The van der Waals surface area contributed by atoms with E-state index in [9.17, 15) is 9.59 Å². The predicted molar refractivity (Wildman–Crippen MR) is 54.9 cm³/mol. The van der Waals surface area contributed by atoms with Gasteiger partial charge in [-0.25, -0.2) is 0 Å². The highest BCUT2D eigenvalue weighted by molar-refractivity contribution is 5.84. The Morgan fingerprint density at radius 3 is 3.13 bits per heavy atom. The van der Waals surface area contributed by atoms with Crippen LogP contribution in [0, 0.1) is 5.92 Å². The van der Waals surface area contributed by atoms with Gasteiger partial charge >= 0.3 is 0 Å². The number of hydrogen-bond acceptors (Lipinski definition) is 3. The molecule has 0 aromatic heterocycles. The van der Waals surface area contributed by atoms with Gasteiger partial charge in [0.05, 0.1) is 12.0 Å². The second-order valence-electron chi connectivity index (χ2n) is 4.19. The number of carbonyl (C=O) groups excluding carboxylic acids is 2. The summed E-state index contributed by atoms with van der Waals surface area (Å²) >= 11 is 0. The van der Waals surface area contributed by atoms with Gasteiger partial charge in [0, 0.05) is 26.1 Å². The Morgan fingerprint density at radius 1 is 1.60 bits per heavy atom. The average Bonchev–Trinajstić information content (AvgIpc) is 2.61. The Kier molecular flexibility index (Phi) is 2.90. The summed E-state index contributed by atoms with van der Waals surface area (Å²) < 4.78 is 0. The van der Waals surface area contributed by atoms with Crippen LogP contribution in [0.25, 0.3) is 0 Å². The van der Waals surface area contributed by atoms with E-state index in [1.54, 1.807) is 0 Å². The fourth-order valence-corrected chi connectivity index (χ4v) is 2.53. The molecule has 2 heterocycles. The van der Waals surface area contributed by atoms with E-state index >= 15 is 0 Å². The van der Waals surface area contributed by atoms with Crippen LogP contribution in [0.2, 0.25) is 0 Å². The quantitative estimate of drug-likeness (QED) is 0.620. The second kappa shape index (κ2) is 4.18. The molecule has 2 amide bonds. The molecule has 5 nitrogen and oxygen atoms in total. The van der Waals surface area contributed by atoms with Gasteiger partial charge in [0.25, 0.3) is 0 Å². The highest BCUT2D eigenvalue weighted by Crippen LogP contribution is 2.27. The first-order valence-corrected chi connectivity index (χ1v) is 5.51. The molecule has 0 aromatic rings. The summed E-state index contributed by atoms with van der Waals surface area (Å²) in [6.07, 6.45) is 2.21. The largest absolute Gasteiger partial charge is 0.354 e. The minimum atomic E-state index is 0.0143. The van der Waals surface area contributed by atoms with Gasteiger partial charge in [-0.05, 0) is 12.8 Å². The molecule has 2 atom stereocenters. The molecule has 0 spiro atoms. The number of rotatable bonds is 2. The Morgan fingerprint density at radius 2 is 2.40 bits per heavy atom. The molecule has 0 saturated carbocycles. The van der Waals surface area contributed by atoms with Crippen molar-refractivity contribution in [2.75, 3.05) is 19.6 Å². The SMILES string of the molecule is NCCC(=O)N1CCCC2C(=O)NCC21. The third-order valence-corrected chi connectivity index (χ3v) is 3.28. The summed E-state index contributed by atoms with van der Waals surface area (Å²) in [7, 11) is 0. The molecular formula is C10H17N3O2. The van der Waals surface area contributed by atoms with Gasteiger partial charge in [0.1, 0.15) is 0 Å². The second-order valence-corrected chi connectivity index (χ2v) is 4.19. The van der Waals surface area contributed by atoms with Crippen LogP contribution in [0.15, 0.2) is 0 Å². The molecule has 0 bridgehead atoms. The van der Waals surface area contributed by atoms with Crippen molar-refractivity contribution in [1.29, 1.82) is 0 Å². The molecule has 5 heteroatoms. The van der Waals surface area contributed by atoms with Crippen LogP contribution in [0.3, 0.4) is 0 Å². The van der Waals surface area contributed by atoms with Gasteiger partial charge in [0.15, 0.2) is 0 Å². The van der Waals surface area contributed by atoms with Crippen LogP contribution in [0.5, 0.6) is 0 Å². The molecule has 15 heavy (non-hydrogen) atoms. The predicted octanol–water partition coefficient (Wildman–Crippen LogP) is -0.928. The van der Waals surface area contributed by atoms with Gasteiger partial charge < -0.3 is 16.0 Å². The first-order valence-electron chi connectivity index (χ1n) is 5.51. The lowest BCUT2D eigenvalue weighted by molar-refractivity contribution is -0.136. The number of fused-ring (bicyclic) bond motifs is 1. The number of nitrogens with one attached hydrogen (secondary N) is 1. The Balaban J connectivity index is 2.06. The van der Waals surface area contributed by atoms with Crippen LogP contribution in [0.4, 0.5) is 0 Å². The van der Waals surface area contributed by atoms with Crippen molar-refractivity contribution in [2.45, 2.75) is 25.3 Å².